The number of hydrogen-bond acceptors (Lipinski definition) is 4. The van der Waals surface area contributed by atoms with Crippen LogP contribution in [0, 0.1) is 0 Å². The summed E-state index contributed by atoms with van der Waals surface area (Å²) in [6, 6.07) is 1.41. The molecule has 1 aromatic rings. The summed E-state index contributed by atoms with van der Waals surface area (Å²) in [4.78, 5) is 3.90. The Balaban J connectivity index is 3.17. The van der Waals surface area contributed by atoms with Crippen molar-refractivity contribution in [2.24, 2.45) is 0 Å². The third kappa shape index (κ3) is 3.21. The fourth-order valence-electron chi connectivity index (χ4n) is 1.63. The molecule has 102 valence electrons. The van der Waals surface area contributed by atoms with Crippen molar-refractivity contribution >= 4 is 31.8 Å². The largest absolute Gasteiger partial charge is 0.383 e. The van der Waals surface area contributed by atoms with Gasteiger partial charge in [-0.05, 0) is 35.3 Å². The van der Waals surface area contributed by atoms with E-state index in [0.29, 0.717) is 4.47 Å². The van der Waals surface area contributed by atoms with Gasteiger partial charge in [0.15, 0.2) is 0 Å². The minimum atomic E-state index is -3.60. The lowest BCUT2D eigenvalue weighted by Gasteiger charge is -2.24. The molecule has 0 radical (unpaired) electrons. The second-order valence-corrected chi connectivity index (χ2v) is 7.08. The van der Waals surface area contributed by atoms with Crippen LogP contribution >= 0.6 is 15.9 Å². The van der Waals surface area contributed by atoms with Crippen LogP contribution in [-0.4, -0.2) is 30.8 Å². The standard InChI is InChI=1S/C11H18BrN3O2S/c1-4-5-8(2)15(3)18(16,17)10-6-9(12)7-14-11(10)13/h6-8H,4-5H2,1-3H3,(H2,13,14). The van der Waals surface area contributed by atoms with E-state index in [9.17, 15) is 8.42 Å². The van der Waals surface area contributed by atoms with Gasteiger partial charge < -0.3 is 5.73 Å². The summed E-state index contributed by atoms with van der Waals surface area (Å²) in [6.45, 7) is 3.90. The molecule has 0 amide bonds. The van der Waals surface area contributed by atoms with Crippen LogP contribution in [-0.2, 0) is 10.0 Å². The van der Waals surface area contributed by atoms with E-state index < -0.39 is 10.0 Å². The van der Waals surface area contributed by atoms with Gasteiger partial charge in [0.25, 0.3) is 0 Å². The Morgan fingerprint density at radius 2 is 2.17 bits per heavy atom. The molecule has 5 nitrogen and oxygen atoms in total. The van der Waals surface area contributed by atoms with Crippen molar-refractivity contribution in [3.8, 4) is 0 Å². The lowest BCUT2D eigenvalue weighted by molar-refractivity contribution is 0.369. The van der Waals surface area contributed by atoms with Gasteiger partial charge in [-0.15, -0.1) is 0 Å². The normalized spacial score (nSPS) is 13.8. The highest BCUT2D eigenvalue weighted by Crippen LogP contribution is 2.25. The lowest BCUT2D eigenvalue weighted by Crippen LogP contribution is -2.35. The van der Waals surface area contributed by atoms with Crippen LogP contribution in [0.25, 0.3) is 0 Å². The molecule has 1 unspecified atom stereocenters. The summed E-state index contributed by atoms with van der Waals surface area (Å²) < 4.78 is 26.7. The van der Waals surface area contributed by atoms with Crippen molar-refractivity contribution in [3.05, 3.63) is 16.7 Å². The maximum Gasteiger partial charge on any atom is 0.246 e. The van der Waals surface area contributed by atoms with Crippen molar-refractivity contribution in [1.29, 1.82) is 0 Å². The molecular formula is C11H18BrN3O2S. The van der Waals surface area contributed by atoms with Gasteiger partial charge in [-0.25, -0.2) is 13.4 Å². The number of nitrogens with zero attached hydrogens (tertiary/aromatic N) is 2. The number of halogens is 1. The zero-order valence-electron chi connectivity index (χ0n) is 10.7. The van der Waals surface area contributed by atoms with Gasteiger partial charge in [-0.3, -0.25) is 0 Å². The molecule has 1 rings (SSSR count). The molecule has 0 aromatic carbocycles. The molecule has 0 aliphatic heterocycles. The Bertz CT molecular complexity index is 519. The predicted molar refractivity (Wildman–Crippen MR) is 75.7 cm³/mol. The molecule has 1 aromatic heterocycles. The molecule has 2 N–H and O–H groups in total. The van der Waals surface area contributed by atoms with Gasteiger partial charge in [0.05, 0.1) is 0 Å². The molecule has 0 spiro atoms. The fourth-order valence-corrected chi connectivity index (χ4v) is 3.59. The second-order valence-electron chi connectivity index (χ2n) is 4.20. The van der Waals surface area contributed by atoms with Gasteiger partial charge in [0.1, 0.15) is 10.7 Å². The molecular weight excluding hydrogens is 318 g/mol. The molecule has 18 heavy (non-hydrogen) atoms. The van der Waals surface area contributed by atoms with Gasteiger partial charge in [-0.2, -0.15) is 4.31 Å². The molecule has 0 fully saturated rings. The van der Waals surface area contributed by atoms with Gasteiger partial charge in [0.2, 0.25) is 10.0 Å². The first kappa shape index (κ1) is 15.4. The van der Waals surface area contributed by atoms with E-state index in [1.165, 1.54) is 16.6 Å². The molecule has 0 saturated carbocycles. The van der Waals surface area contributed by atoms with Crippen LogP contribution in [0.4, 0.5) is 5.82 Å². The van der Waals surface area contributed by atoms with E-state index in [1.807, 2.05) is 13.8 Å². The van der Waals surface area contributed by atoms with Crippen LogP contribution in [0.1, 0.15) is 26.7 Å². The van der Waals surface area contributed by atoms with Crippen molar-refractivity contribution in [1.82, 2.24) is 9.29 Å². The topological polar surface area (TPSA) is 76.3 Å². The monoisotopic (exact) mass is 335 g/mol. The number of pyridine rings is 1. The van der Waals surface area contributed by atoms with Crippen LogP contribution in [0.2, 0.25) is 0 Å². The maximum atomic E-state index is 12.4. The first-order valence-corrected chi connectivity index (χ1v) is 7.93. The van der Waals surface area contributed by atoms with Gasteiger partial charge >= 0.3 is 0 Å². The third-order valence-corrected chi connectivity index (χ3v) is 5.27. The van der Waals surface area contributed by atoms with Crippen LogP contribution in [0.15, 0.2) is 21.6 Å². The first-order chi connectivity index (χ1) is 8.30. The zero-order valence-corrected chi connectivity index (χ0v) is 13.1. The van der Waals surface area contributed by atoms with E-state index in [4.69, 9.17) is 5.73 Å². The quantitative estimate of drug-likeness (QED) is 0.895. The highest BCUT2D eigenvalue weighted by atomic mass is 79.9. The molecule has 0 bridgehead atoms. The Hall–Kier alpha value is -0.660. The summed E-state index contributed by atoms with van der Waals surface area (Å²) in [7, 11) is -2.03. The Morgan fingerprint density at radius 1 is 1.56 bits per heavy atom. The van der Waals surface area contributed by atoms with Crippen LogP contribution in [0.5, 0.6) is 0 Å². The summed E-state index contributed by atoms with van der Waals surface area (Å²) >= 11 is 3.20. The average Bonchev–Trinajstić information content (AvgIpc) is 2.31. The third-order valence-electron chi connectivity index (χ3n) is 2.83. The number of sulfonamides is 1. The molecule has 7 heteroatoms. The van der Waals surface area contributed by atoms with E-state index >= 15 is 0 Å². The van der Waals surface area contributed by atoms with Crippen molar-refractivity contribution in [2.75, 3.05) is 12.8 Å². The number of nitrogens with two attached hydrogens (primary N) is 1. The summed E-state index contributed by atoms with van der Waals surface area (Å²) in [5.74, 6) is 0.0220. The molecule has 1 heterocycles. The van der Waals surface area contributed by atoms with E-state index in [2.05, 4.69) is 20.9 Å². The molecule has 0 aliphatic carbocycles. The Labute approximate surface area is 117 Å². The number of nitrogen functional groups attached to an aromatic ring is 1. The lowest BCUT2D eigenvalue weighted by atomic mass is 10.2. The number of aromatic nitrogens is 1. The summed E-state index contributed by atoms with van der Waals surface area (Å²) in [5.41, 5.74) is 5.65. The Morgan fingerprint density at radius 3 is 2.72 bits per heavy atom. The molecule has 0 saturated heterocycles. The molecule has 0 aliphatic rings. The smallest absolute Gasteiger partial charge is 0.246 e. The highest BCUT2D eigenvalue weighted by molar-refractivity contribution is 9.10. The van der Waals surface area contributed by atoms with E-state index in [0.717, 1.165) is 12.8 Å². The first-order valence-electron chi connectivity index (χ1n) is 5.69. The zero-order chi connectivity index (χ0) is 13.9. The second kappa shape index (κ2) is 5.99. The number of rotatable bonds is 5. The van der Waals surface area contributed by atoms with E-state index in [1.54, 1.807) is 7.05 Å². The van der Waals surface area contributed by atoms with Crippen LogP contribution in [0.3, 0.4) is 0 Å². The SMILES string of the molecule is CCCC(C)N(C)S(=O)(=O)c1cc(Br)cnc1N. The Kier molecular flexibility index (Phi) is 5.12. The predicted octanol–water partition coefficient (Wildman–Crippen LogP) is 2.24. The minimum Gasteiger partial charge on any atom is -0.383 e. The molecule has 1 atom stereocenters. The summed E-state index contributed by atoms with van der Waals surface area (Å²) in [6.07, 6.45) is 3.20. The minimum absolute atomic E-state index is 0.0220. The average molecular weight is 336 g/mol. The maximum absolute atomic E-state index is 12.4. The van der Waals surface area contributed by atoms with Crippen molar-refractivity contribution < 1.29 is 8.42 Å². The number of anilines is 1. The van der Waals surface area contributed by atoms with Crippen LogP contribution < -0.4 is 5.73 Å². The number of hydrogen-bond donors (Lipinski definition) is 1. The van der Waals surface area contributed by atoms with Crippen molar-refractivity contribution in [3.63, 3.8) is 0 Å². The highest BCUT2D eigenvalue weighted by Gasteiger charge is 2.27. The van der Waals surface area contributed by atoms with E-state index in [-0.39, 0.29) is 16.8 Å². The van der Waals surface area contributed by atoms with Gasteiger partial charge in [-0.1, -0.05) is 13.3 Å². The summed E-state index contributed by atoms with van der Waals surface area (Å²) in [5, 5.41) is 0. The fraction of sp³-hybridized carbons (Fsp3) is 0.545. The van der Waals surface area contributed by atoms with Gasteiger partial charge in [0, 0.05) is 23.8 Å². The van der Waals surface area contributed by atoms with Crippen molar-refractivity contribution in [2.45, 2.75) is 37.6 Å².